The molecule has 0 unspecified atom stereocenters. The number of nitro benzene ring substituents is 2. The Bertz CT molecular complexity index is 1030. The van der Waals surface area contributed by atoms with Crippen LogP contribution in [-0.2, 0) is 4.79 Å². The van der Waals surface area contributed by atoms with Crippen molar-refractivity contribution in [3.05, 3.63) is 68.3 Å². The fourth-order valence-corrected chi connectivity index (χ4v) is 3.54. The number of piperidine rings is 1. The van der Waals surface area contributed by atoms with Gasteiger partial charge in [0.25, 0.3) is 11.4 Å². The van der Waals surface area contributed by atoms with E-state index < -0.39 is 9.85 Å². The summed E-state index contributed by atoms with van der Waals surface area (Å²) in [6, 6.07) is 11.3. The predicted octanol–water partition coefficient (Wildman–Crippen LogP) is 2.94. The fraction of sp³-hybridized carbons (Fsp3) is 0.333. The number of carbonyl (C=O) groups excluding carboxylic acids is 1. The van der Waals surface area contributed by atoms with E-state index >= 15 is 0 Å². The van der Waals surface area contributed by atoms with Gasteiger partial charge in [-0.3, -0.25) is 25.0 Å². The highest BCUT2D eigenvalue weighted by Crippen LogP contribution is 2.34. The van der Waals surface area contributed by atoms with Crippen LogP contribution in [0.15, 0.2) is 47.6 Å². The number of carbonyl (C=O) groups is 1. The summed E-state index contributed by atoms with van der Waals surface area (Å²) < 4.78 is 0. The number of hydrogen-bond acceptors (Lipinski definition) is 8. The summed E-state index contributed by atoms with van der Waals surface area (Å²) in [6.07, 6.45) is 2.56. The van der Waals surface area contributed by atoms with Crippen LogP contribution in [0.5, 0.6) is 0 Å². The molecule has 1 aliphatic rings. The van der Waals surface area contributed by atoms with Gasteiger partial charge in [0.05, 0.1) is 22.1 Å². The van der Waals surface area contributed by atoms with E-state index in [0.717, 1.165) is 17.3 Å². The summed E-state index contributed by atoms with van der Waals surface area (Å²) in [7, 11) is 3.91. The van der Waals surface area contributed by atoms with Crippen LogP contribution in [0.1, 0.15) is 18.4 Å². The number of anilines is 2. The summed E-state index contributed by atoms with van der Waals surface area (Å²) in [5, 5.41) is 26.3. The molecule has 11 heteroatoms. The van der Waals surface area contributed by atoms with Crippen LogP contribution in [0.3, 0.4) is 0 Å². The normalized spacial score (nSPS) is 14.4. The second-order valence-electron chi connectivity index (χ2n) is 7.67. The molecule has 1 fully saturated rings. The molecule has 168 valence electrons. The number of amides is 1. The van der Waals surface area contributed by atoms with E-state index in [1.165, 1.54) is 12.1 Å². The molecule has 1 aliphatic heterocycles. The minimum Gasteiger partial charge on any atom is -0.378 e. The molecular formula is C21H24N6O5. The highest BCUT2D eigenvalue weighted by atomic mass is 16.6. The first kappa shape index (κ1) is 22.7. The lowest BCUT2D eigenvalue weighted by Crippen LogP contribution is -2.39. The zero-order valence-electron chi connectivity index (χ0n) is 17.8. The van der Waals surface area contributed by atoms with Gasteiger partial charge in [-0.25, -0.2) is 5.43 Å². The number of rotatable bonds is 7. The quantitative estimate of drug-likeness (QED) is 0.397. The predicted molar refractivity (Wildman–Crippen MR) is 121 cm³/mol. The van der Waals surface area contributed by atoms with Gasteiger partial charge in [0, 0.05) is 44.9 Å². The minimum atomic E-state index is -0.662. The zero-order valence-corrected chi connectivity index (χ0v) is 17.8. The van der Waals surface area contributed by atoms with Gasteiger partial charge in [0.15, 0.2) is 0 Å². The molecule has 32 heavy (non-hydrogen) atoms. The van der Waals surface area contributed by atoms with Crippen LogP contribution >= 0.6 is 0 Å². The number of hydrazone groups is 1. The number of hydrogen-bond donors (Lipinski definition) is 1. The molecule has 0 spiro atoms. The van der Waals surface area contributed by atoms with Gasteiger partial charge in [-0.1, -0.05) is 12.1 Å². The molecule has 0 aliphatic carbocycles. The average molecular weight is 440 g/mol. The van der Waals surface area contributed by atoms with E-state index in [0.29, 0.717) is 31.6 Å². The smallest absolute Gasteiger partial charge is 0.299 e. The third-order valence-corrected chi connectivity index (χ3v) is 5.37. The standard InChI is InChI=1S/C21H24N6O5/c1-24(2)17-5-3-15(4-6-17)14-22-23-21(28)16-9-11-25(12-10-16)19-8-7-18(26(29)30)13-20(19)27(31)32/h3-8,13-14,16H,9-12H2,1-2H3,(H,23,28)/b22-14-. The maximum atomic E-state index is 12.4. The molecule has 3 rings (SSSR count). The van der Waals surface area contributed by atoms with Crippen LogP contribution in [0.4, 0.5) is 22.7 Å². The summed E-state index contributed by atoms with van der Waals surface area (Å²) in [6.45, 7) is 0.846. The lowest BCUT2D eigenvalue weighted by atomic mass is 9.95. The summed E-state index contributed by atoms with van der Waals surface area (Å²) in [4.78, 5) is 37.2. The number of nitro groups is 2. The molecule has 0 atom stereocenters. The van der Waals surface area contributed by atoms with Crippen LogP contribution in [0.25, 0.3) is 0 Å². The number of non-ortho nitro benzene ring substituents is 1. The molecule has 0 aromatic heterocycles. The maximum Gasteiger partial charge on any atom is 0.299 e. The van der Waals surface area contributed by atoms with Crippen LogP contribution in [-0.4, -0.2) is 49.2 Å². The first-order valence-electron chi connectivity index (χ1n) is 10.0. The van der Waals surface area contributed by atoms with Gasteiger partial charge in [-0.05, 0) is 36.6 Å². The number of nitrogens with one attached hydrogen (secondary N) is 1. The van der Waals surface area contributed by atoms with E-state index in [-0.39, 0.29) is 23.2 Å². The fourth-order valence-electron chi connectivity index (χ4n) is 3.54. The molecule has 1 N–H and O–H groups in total. The van der Waals surface area contributed by atoms with Crippen molar-refractivity contribution >= 4 is 34.9 Å². The van der Waals surface area contributed by atoms with Gasteiger partial charge in [0.2, 0.25) is 5.91 Å². The van der Waals surface area contributed by atoms with Gasteiger partial charge >= 0.3 is 0 Å². The van der Waals surface area contributed by atoms with Crippen molar-refractivity contribution in [3.8, 4) is 0 Å². The van der Waals surface area contributed by atoms with E-state index in [2.05, 4.69) is 10.5 Å². The Labute approximate surface area is 184 Å². The van der Waals surface area contributed by atoms with Crippen molar-refractivity contribution in [2.24, 2.45) is 11.0 Å². The molecule has 0 radical (unpaired) electrons. The number of nitrogens with zero attached hydrogens (tertiary/aromatic N) is 5. The van der Waals surface area contributed by atoms with Crippen molar-refractivity contribution in [2.45, 2.75) is 12.8 Å². The Morgan fingerprint density at radius 2 is 1.75 bits per heavy atom. The molecule has 2 aromatic rings. The average Bonchev–Trinajstić information content (AvgIpc) is 2.79. The van der Waals surface area contributed by atoms with E-state index in [1.54, 1.807) is 11.1 Å². The molecular weight excluding hydrogens is 416 g/mol. The zero-order chi connectivity index (χ0) is 23.3. The van der Waals surface area contributed by atoms with E-state index in [4.69, 9.17) is 0 Å². The Kier molecular flexibility index (Phi) is 6.98. The minimum absolute atomic E-state index is 0.205. The highest BCUT2D eigenvalue weighted by Gasteiger charge is 2.29. The SMILES string of the molecule is CN(C)c1ccc(/C=N\NC(=O)C2CCN(c3ccc([N+](=O)[O-])cc3[N+](=O)[O-])CC2)cc1. The molecule has 11 nitrogen and oxygen atoms in total. The van der Waals surface area contributed by atoms with Gasteiger partial charge in [-0.15, -0.1) is 0 Å². The van der Waals surface area contributed by atoms with Gasteiger partial charge < -0.3 is 9.80 Å². The van der Waals surface area contributed by atoms with Gasteiger partial charge in [0.1, 0.15) is 5.69 Å². The van der Waals surface area contributed by atoms with Crippen molar-refractivity contribution < 1.29 is 14.6 Å². The van der Waals surface area contributed by atoms with Crippen LogP contribution in [0.2, 0.25) is 0 Å². The lowest BCUT2D eigenvalue weighted by molar-refractivity contribution is -0.393. The Morgan fingerprint density at radius 3 is 2.31 bits per heavy atom. The van der Waals surface area contributed by atoms with Crippen molar-refractivity contribution in [1.29, 1.82) is 0 Å². The van der Waals surface area contributed by atoms with Crippen LogP contribution < -0.4 is 15.2 Å². The van der Waals surface area contributed by atoms with Crippen LogP contribution in [0, 0.1) is 26.1 Å². The number of benzene rings is 2. The first-order chi connectivity index (χ1) is 15.3. The molecule has 0 saturated carbocycles. The molecule has 1 heterocycles. The molecule has 1 amide bonds. The monoisotopic (exact) mass is 440 g/mol. The van der Waals surface area contributed by atoms with Crippen molar-refractivity contribution in [3.63, 3.8) is 0 Å². The second-order valence-corrected chi connectivity index (χ2v) is 7.67. The topological polar surface area (TPSA) is 134 Å². The Hall–Kier alpha value is -4.02. The molecule has 0 bridgehead atoms. The first-order valence-corrected chi connectivity index (χ1v) is 10.0. The molecule has 1 saturated heterocycles. The molecule has 2 aromatic carbocycles. The Morgan fingerprint density at radius 1 is 1.09 bits per heavy atom. The van der Waals surface area contributed by atoms with E-state index in [1.807, 2.05) is 43.3 Å². The van der Waals surface area contributed by atoms with Crippen molar-refractivity contribution in [1.82, 2.24) is 5.43 Å². The third kappa shape index (κ3) is 5.36. The van der Waals surface area contributed by atoms with E-state index in [9.17, 15) is 25.0 Å². The largest absolute Gasteiger partial charge is 0.378 e. The third-order valence-electron chi connectivity index (χ3n) is 5.37. The summed E-state index contributed by atoms with van der Waals surface area (Å²) in [5.41, 5.74) is 4.16. The summed E-state index contributed by atoms with van der Waals surface area (Å²) >= 11 is 0. The maximum absolute atomic E-state index is 12.4. The second kappa shape index (κ2) is 9.86. The lowest BCUT2D eigenvalue weighted by Gasteiger charge is -2.32. The van der Waals surface area contributed by atoms with Crippen molar-refractivity contribution in [2.75, 3.05) is 37.0 Å². The van der Waals surface area contributed by atoms with Gasteiger partial charge in [-0.2, -0.15) is 5.10 Å². The highest BCUT2D eigenvalue weighted by molar-refractivity contribution is 5.84. The summed E-state index contributed by atoms with van der Waals surface area (Å²) in [5.74, 6) is -0.472. The Balaban J connectivity index is 1.57.